The first kappa shape index (κ1) is 18.1. The minimum Gasteiger partial charge on any atom is -0.377 e. The van der Waals surface area contributed by atoms with E-state index < -0.39 is 0 Å². The van der Waals surface area contributed by atoms with Crippen LogP contribution in [0.15, 0.2) is 60.7 Å². The van der Waals surface area contributed by atoms with E-state index in [0.29, 0.717) is 0 Å². The summed E-state index contributed by atoms with van der Waals surface area (Å²) in [5.41, 5.74) is 2.52. The Balaban J connectivity index is 1.70. The Labute approximate surface area is 144 Å². The maximum absolute atomic E-state index is 5.62. The van der Waals surface area contributed by atoms with Crippen LogP contribution < -0.4 is 0 Å². The number of thioether (sulfide) groups is 1. The van der Waals surface area contributed by atoms with Gasteiger partial charge in [0.1, 0.15) is 0 Å². The second-order valence-corrected chi connectivity index (χ2v) is 6.68. The van der Waals surface area contributed by atoms with Crippen molar-refractivity contribution in [3.8, 4) is 0 Å². The number of benzene rings is 2. The van der Waals surface area contributed by atoms with Gasteiger partial charge in [-0.1, -0.05) is 60.7 Å². The van der Waals surface area contributed by atoms with E-state index in [4.69, 9.17) is 9.47 Å². The Morgan fingerprint density at radius 3 is 1.43 bits per heavy atom. The molecule has 124 valence electrons. The molecular formula is C20H26O2S. The third-order valence-electron chi connectivity index (χ3n) is 3.96. The highest BCUT2D eigenvalue weighted by atomic mass is 32.2. The molecule has 2 aromatic carbocycles. The SMILES string of the molecule is COC(CCSCCC(OC)c1ccccc1)c1ccccc1. The molecule has 0 heterocycles. The summed E-state index contributed by atoms with van der Waals surface area (Å²) in [7, 11) is 3.58. The van der Waals surface area contributed by atoms with Crippen LogP contribution in [-0.2, 0) is 9.47 Å². The van der Waals surface area contributed by atoms with E-state index in [2.05, 4.69) is 48.5 Å². The predicted octanol–water partition coefficient (Wildman–Crippen LogP) is 5.28. The molecule has 0 saturated heterocycles. The van der Waals surface area contributed by atoms with Gasteiger partial charge in [-0.25, -0.2) is 0 Å². The Bertz CT molecular complexity index is 480. The molecule has 2 nitrogen and oxygen atoms in total. The van der Waals surface area contributed by atoms with E-state index in [-0.39, 0.29) is 12.2 Å². The van der Waals surface area contributed by atoms with Gasteiger partial charge in [0.2, 0.25) is 0 Å². The molecule has 2 unspecified atom stereocenters. The average Bonchev–Trinajstić information content (AvgIpc) is 2.63. The first-order valence-electron chi connectivity index (χ1n) is 8.08. The van der Waals surface area contributed by atoms with Crippen molar-refractivity contribution in [1.82, 2.24) is 0 Å². The van der Waals surface area contributed by atoms with Crippen LogP contribution >= 0.6 is 11.8 Å². The van der Waals surface area contributed by atoms with E-state index in [1.165, 1.54) is 11.1 Å². The first-order chi connectivity index (χ1) is 11.3. The standard InChI is InChI=1S/C20H26O2S/c1-21-19(17-9-5-3-6-10-17)13-15-23-16-14-20(22-2)18-11-7-4-8-12-18/h3-12,19-20H,13-16H2,1-2H3. The third kappa shape index (κ3) is 6.02. The van der Waals surface area contributed by atoms with E-state index in [0.717, 1.165) is 24.3 Å². The van der Waals surface area contributed by atoms with Gasteiger partial charge in [0, 0.05) is 14.2 Å². The molecule has 0 radical (unpaired) electrons. The molecule has 0 aliphatic rings. The van der Waals surface area contributed by atoms with Gasteiger partial charge in [-0.2, -0.15) is 11.8 Å². The highest BCUT2D eigenvalue weighted by molar-refractivity contribution is 7.99. The smallest absolute Gasteiger partial charge is 0.0829 e. The van der Waals surface area contributed by atoms with Crippen LogP contribution in [0.2, 0.25) is 0 Å². The van der Waals surface area contributed by atoms with Gasteiger partial charge in [-0.15, -0.1) is 0 Å². The van der Waals surface area contributed by atoms with Crippen molar-refractivity contribution in [2.45, 2.75) is 25.0 Å². The van der Waals surface area contributed by atoms with Crippen LogP contribution in [0.25, 0.3) is 0 Å². The zero-order valence-electron chi connectivity index (χ0n) is 14.0. The molecule has 2 aromatic rings. The second-order valence-electron chi connectivity index (χ2n) is 5.46. The molecular weight excluding hydrogens is 304 g/mol. The summed E-state index contributed by atoms with van der Waals surface area (Å²) >= 11 is 1.97. The molecule has 0 N–H and O–H groups in total. The number of hydrogen-bond acceptors (Lipinski definition) is 3. The second kappa shape index (κ2) is 10.5. The van der Waals surface area contributed by atoms with E-state index in [1.807, 2.05) is 23.9 Å². The molecule has 0 saturated carbocycles. The minimum atomic E-state index is 0.191. The summed E-state index contributed by atoms with van der Waals surface area (Å²) in [6.07, 6.45) is 2.45. The van der Waals surface area contributed by atoms with Gasteiger partial charge in [0.15, 0.2) is 0 Å². The van der Waals surface area contributed by atoms with Gasteiger partial charge in [0.25, 0.3) is 0 Å². The number of rotatable bonds is 10. The van der Waals surface area contributed by atoms with Crippen LogP contribution in [0.4, 0.5) is 0 Å². The highest BCUT2D eigenvalue weighted by Crippen LogP contribution is 2.25. The summed E-state index contributed by atoms with van der Waals surface area (Å²) in [5, 5.41) is 0. The van der Waals surface area contributed by atoms with Crippen molar-refractivity contribution in [2.24, 2.45) is 0 Å². The van der Waals surface area contributed by atoms with Crippen molar-refractivity contribution in [2.75, 3.05) is 25.7 Å². The summed E-state index contributed by atoms with van der Waals surface area (Å²) in [6.45, 7) is 0. The van der Waals surface area contributed by atoms with Crippen LogP contribution in [0.1, 0.15) is 36.2 Å². The first-order valence-corrected chi connectivity index (χ1v) is 9.24. The largest absolute Gasteiger partial charge is 0.377 e. The zero-order valence-corrected chi connectivity index (χ0v) is 14.8. The fourth-order valence-electron chi connectivity index (χ4n) is 2.66. The summed E-state index contributed by atoms with van der Waals surface area (Å²) in [5.74, 6) is 2.19. The molecule has 0 amide bonds. The Morgan fingerprint density at radius 1 is 0.696 bits per heavy atom. The molecule has 0 aliphatic carbocycles. The Kier molecular flexibility index (Phi) is 8.23. The van der Waals surface area contributed by atoms with Gasteiger partial charge in [0.05, 0.1) is 12.2 Å². The van der Waals surface area contributed by atoms with Gasteiger partial charge in [-0.3, -0.25) is 0 Å². The van der Waals surface area contributed by atoms with Gasteiger partial charge >= 0.3 is 0 Å². The van der Waals surface area contributed by atoms with Crippen LogP contribution in [-0.4, -0.2) is 25.7 Å². The highest BCUT2D eigenvalue weighted by Gasteiger charge is 2.11. The molecule has 0 spiro atoms. The fraction of sp³-hybridized carbons (Fsp3) is 0.400. The van der Waals surface area contributed by atoms with E-state index >= 15 is 0 Å². The lowest BCUT2D eigenvalue weighted by molar-refractivity contribution is 0.0999. The van der Waals surface area contributed by atoms with Gasteiger partial charge in [-0.05, 0) is 35.5 Å². The van der Waals surface area contributed by atoms with Gasteiger partial charge < -0.3 is 9.47 Å². The van der Waals surface area contributed by atoms with Crippen LogP contribution in [0.3, 0.4) is 0 Å². The van der Waals surface area contributed by atoms with Crippen molar-refractivity contribution < 1.29 is 9.47 Å². The minimum absolute atomic E-state index is 0.191. The van der Waals surface area contributed by atoms with E-state index in [1.54, 1.807) is 14.2 Å². The van der Waals surface area contributed by atoms with Crippen LogP contribution in [0, 0.1) is 0 Å². The zero-order chi connectivity index (χ0) is 16.3. The fourth-order valence-corrected chi connectivity index (χ4v) is 3.62. The monoisotopic (exact) mass is 330 g/mol. The molecule has 0 bridgehead atoms. The van der Waals surface area contributed by atoms with Crippen molar-refractivity contribution in [1.29, 1.82) is 0 Å². The quantitative estimate of drug-likeness (QED) is 0.553. The molecule has 2 atom stereocenters. The lowest BCUT2D eigenvalue weighted by atomic mass is 10.1. The maximum Gasteiger partial charge on any atom is 0.0829 e. The Morgan fingerprint density at radius 2 is 1.09 bits per heavy atom. The van der Waals surface area contributed by atoms with Crippen molar-refractivity contribution >= 4 is 11.8 Å². The normalized spacial score (nSPS) is 13.7. The number of hydrogen-bond donors (Lipinski definition) is 0. The third-order valence-corrected chi connectivity index (χ3v) is 5.01. The topological polar surface area (TPSA) is 18.5 Å². The van der Waals surface area contributed by atoms with Crippen LogP contribution in [0.5, 0.6) is 0 Å². The lowest BCUT2D eigenvalue weighted by Crippen LogP contribution is -2.05. The number of methoxy groups -OCH3 is 2. The summed E-state index contributed by atoms with van der Waals surface area (Å²) in [6, 6.07) is 20.9. The lowest BCUT2D eigenvalue weighted by Gasteiger charge is -2.17. The average molecular weight is 330 g/mol. The molecule has 2 rings (SSSR count). The Hall–Kier alpha value is -1.29. The summed E-state index contributed by atoms with van der Waals surface area (Å²) in [4.78, 5) is 0. The molecule has 0 aromatic heterocycles. The maximum atomic E-state index is 5.62. The molecule has 23 heavy (non-hydrogen) atoms. The summed E-state index contributed by atoms with van der Waals surface area (Å²) < 4.78 is 11.2. The molecule has 3 heteroatoms. The van der Waals surface area contributed by atoms with Crippen molar-refractivity contribution in [3.63, 3.8) is 0 Å². The number of ether oxygens (including phenoxy) is 2. The van der Waals surface area contributed by atoms with Crippen molar-refractivity contribution in [3.05, 3.63) is 71.8 Å². The molecule has 0 fully saturated rings. The van der Waals surface area contributed by atoms with E-state index in [9.17, 15) is 0 Å². The predicted molar refractivity (Wildman–Crippen MR) is 98.9 cm³/mol. The molecule has 0 aliphatic heterocycles.